The van der Waals surface area contributed by atoms with Crippen LogP contribution in [-0.4, -0.2) is 14.3 Å². The SMILES string of the molecule is Cc1cccc(NS(=O)(=O)c2ccc(Cl)c(C(=O)Nc3ccc(Br)cc3)c2)c1. The van der Waals surface area contributed by atoms with Crippen molar-refractivity contribution in [2.75, 3.05) is 10.0 Å². The fraction of sp³-hybridized carbons (Fsp3) is 0.0500. The maximum Gasteiger partial charge on any atom is 0.261 e. The van der Waals surface area contributed by atoms with E-state index in [1.165, 1.54) is 18.2 Å². The van der Waals surface area contributed by atoms with Crippen molar-refractivity contribution in [3.8, 4) is 0 Å². The van der Waals surface area contributed by atoms with Gasteiger partial charge in [-0.05, 0) is 67.1 Å². The molecule has 0 aliphatic carbocycles. The van der Waals surface area contributed by atoms with Crippen LogP contribution >= 0.6 is 27.5 Å². The molecule has 2 N–H and O–H groups in total. The van der Waals surface area contributed by atoms with Crippen LogP contribution in [0.15, 0.2) is 76.1 Å². The molecule has 8 heteroatoms. The summed E-state index contributed by atoms with van der Waals surface area (Å²) in [6.07, 6.45) is 0. The Bertz CT molecular complexity index is 1130. The minimum atomic E-state index is -3.88. The van der Waals surface area contributed by atoms with E-state index in [1.54, 1.807) is 42.5 Å². The van der Waals surface area contributed by atoms with Crippen molar-refractivity contribution in [1.29, 1.82) is 0 Å². The highest BCUT2D eigenvalue weighted by Gasteiger charge is 2.19. The molecule has 0 atom stereocenters. The number of benzene rings is 3. The van der Waals surface area contributed by atoms with Gasteiger partial charge in [-0.25, -0.2) is 8.42 Å². The van der Waals surface area contributed by atoms with Gasteiger partial charge in [0, 0.05) is 15.8 Å². The molecule has 3 rings (SSSR count). The maximum atomic E-state index is 12.7. The molecule has 0 fully saturated rings. The number of carbonyl (C=O) groups is 1. The number of rotatable bonds is 5. The highest BCUT2D eigenvalue weighted by Crippen LogP contribution is 2.24. The van der Waals surface area contributed by atoms with Crippen molar-refractivity contribution in [1.82, 2.24) is 0 Å². The average Bonchev–Trinajstić information content (AvgIpc) is 2.63. The second-order valence-corrected chi connectivity index (χ2v) is 9.08. The molecule has 5 nitrogen and oxygen atoms in total. The van der Waals surface area contributed by atoms with Crippen LogP contribution in [0.1, 0.15) is 15.9 Å². The Kier molecular flexibility index (Phi) is 6.07. The summed E-state index contributed by atoms with van der Waals surface area (Å²) in [5.41, 5.74) is 1.99. The molecule has 0 aliphatic heterocycles. The molecular formula is C20H16BrClN2O3S. The molecule has 0 spiro atoms. The van der Waals surface area contributed by atoms with E-state index in [2.05, 4.69) is 26.0 Å². The van der Waals surface area contributed by atoms with Crippen LogP contribution < -0.4 is 10.0 Å². The number of sulfonamides is 1. The summed E-state index contributed by atoms with van der Waals surface area (Å²) in [6, 6.07) is 18.0. The highest BCUT2D eigenvalue weighted by atomic mass is 79.9. The summed E-state index contributed by atoms with van der Waals surface area (Å²) in [5, 5.41) is 2.86. The zero-order valence-electron chi connectivity index (χ0n) is 14.7. The summed E-state index contributed by atoms with van der Waals surface area (Å²) < 4.78 is 28.8. The molecule has 3 aromatic rings. The zero-order chi connectivity index (χ0) is 20.3. The predicted molar refractivity (Wildman–Crippen MR) is 116 cm³/mol. The molecular weight excluding hydrogens is 464 g/mol. The molecule has 0 radical (unpaired) electrons. The van der Waals surface area contributed by atoms with E-state index in [9.17, 15) is 13.2 Å². The molecule has 3 aromatic carbocycles. The van der Waals surface area contributed by atoms with Crippen molar-refractivity contribution in [3.05, 3.63) is 87.4 Å². The van der Waals surface area contributed by atoms with E-state index in [0.29, 0.717) is 11.4 Å². The molecule has 1 amide bonds. The van der Waals surface area contributed by atoms with Gasteiger partial charge in [0.25, 0.3) is 15.9 Å². The van der Waals surface area contributed by atoms with Gasteiger partial charge in [-0.3, -0.25) is 9.52 Å². The highest BCUT2D eigenvalue weighted by molar-refractivity contribution is 9.10. The fourth-order valence-corrected chi connectivity index (χ4v) is 4.04. The van der Waals surface area contributed by atoms with Gasteiger partial charge in [0.05, 0.1) is 15.5 Å². The Balaban J connectivity index is 1.87. The Hall–Kier alpha value is -2.35. The van der Waals surface area contributed by atoms with Crippen LogP contribution in [0.25, 0.3) is 0 Å². The summed E-state index contributed by atoms with van der Waals surface area (Å²) in [5.74, 6) is -0.500. The first-order valence-electron chi connectivity index (χ1n) is 8.20. The second kappa shape index (κ2) is 8.34. The Morgan fingerprint density at radius 1 is 0.964 bits per heavy atom. The third kappa shape index (κ3) is 4.92. The van der Waals surface area contributed by atoms with Crippen LogP contribution in [0, 0.1) is 6.92 Å². The lowest BCUT2D eigenvalue weighted by Gasteiger charge is -2.11. The molecule has 0 saturated carbocycles. The number of aryl methyl sites for hydroxylation is 1. The van der Waals surface area contributed by atoms with Crippen LogP contribution in [0.5, 0.6) is 0 Å². The van der Waals surface area contributed by atoms with E-state index in [0.717, 1.165) is 10.0 Å². The molecule has 0 saturated heterocycles. The van der Waals surface area contributed by atoms with Gasteiger partial charge < -0.3 is 5.32 Å². The van der Waals surface area contributed by atoms with Gasteiger partial charge in [0.2, 0.25) is 0 Å². The smallest absolute Gasteiger partial charge is 0.261 e. The minimum Gasteiger partial charge on any atom is -0.322 e. The first-order chi connectivity index (χ1) is 13.2. The molecule has 28 heavy (non-hydrogen) atoms. The number of amides is 1. The maximum absolute atomic E-state index is 12.7. The average molecular weight is 480 g/mol. The molecule has 0 aromatic heterocycles. The van der Waals surface area contributed by atoms with Crippen molar-refractivity contribution < 1.29 is 13.2 Å². The van der Waals surface area contributed by atoms with Crippen LogP contribution in [0.3, 0.4) is 0 Å². The number of hydrogen-bond donors (Lipinski definition) is 2. The van der Waals surface area contributed by atoms with Crippen molar-refractivity contribution in [2.45, 2.75) is 11.8 Å². The van der Waals surface area contributed by atoms with E-state index >= 15 is 0 Å². The molecule has 144 valence electrons. The van der Waals surface area contributed by atoms with E-state index in [1.807, 2.05) is 13.0 Å². The van der Waals surface area contributed by atoms with Crippen LogP contribution in [-0.2, 0) is 10.0 Å². The lowest BCUT2D eigenvalue weighted by molar-refractivity contribution is 0.102. The van der Waals surface area contributed by atoms with Crippen LogP contribution in [0.4, 0.5) is 11.4 Å². The van der Waals surface area contributed by atoms with E-state index in [4.69, 9.17) is 11.6 Å². The Morgan fingerprint density at radius 2 is 1.68 bits per heavy atom. The lowest BCUT2D eigenvalue weighted by atomic mass is 10.2. The first kappa shape index (κ1) is 20.4. The first-order valence-corrected chi connectivity index (χ1v) is 10.9. The largest absolute Gasteiger partial charge is 0.322 e. The molecule has 0 aliphatic rings. The topological polar surface area (TPSA) is 75.3 Å². The van der Waals surface area contributed by atoms with Gasteiger partial charge in [-0.15, -0.1) is 0 Å². The Morgan fingerprint density at radius 3 is 2.36 bits per heavy atom. The van der Waals surface area contributed by atoms with Crippen LogP contribution in [0.2, 0.25) is 5.02 Å². The fourth-order valence-electron chi connectivity index (χ4n) is 2.50. The van der Waals surface area contributed by atoms with Gasteiger partial charge >= 0.3 is 0 Å². The molecule has 0 bridgehead atoms. The summed E-state index contributed by atoms with van der Waals surface area (Å²) >= 11 is 9.45. The van der Waals surface area contributed by atoms with Gasteiger partial charge in [-0.2, -0.15) is 0 Å². The standard InChI is InChI=1S/C20H16BrClN2O3S/c1-13-3-2-4-16(11-13)24-28(26,27)17-9-10-19(22)18(12-17)20(25)23-15-7-5-14(21)6-8-15/h2-12,24H,1H3,(H,23,25). The number of anilines is 2. The summed E-state index contributed by atoms with van der Waals surface area (Å²) in [4.78, 5) is 12.5. The third-order valence-electron chi connectivity index (χ3n) is 3.87. The second-order valence-electron chi connectivity index (χ2n) is 6.08. The lowest BCUT2D eigenvalue weighted by Crippen LogP contribution is -2.16. The third-order valence-corrected chi connectivity index (χ3v) is 6.10. The number of halogens is 2. The van der Waals surface area contributed by atoms with Gasteiger partial charge in [0.1, 0.15) is 0 Å². The number of carbonyl (C=O) groups excluding carboxylic acids is 1. The number of nitrogens with one attached hydrogen (secondary N) is 2. The van der Waals surface area contributed by atoms with Crippen molar-refractivity contribution in [3.63, 3.8) is 0 Å². The van der Waals surface area contributed by atoms with Crippen molar-refractivity contribution >= 4 is 54.8 Å². The van der Waals surface area contributed by atoms with E-state index in [-0.39, 0.29) is 15.5 Å². The summed E-state index contributed by atoms with van der Waals surface area (Å²) in [7, 11) is -3.88. The molecule has 0 unspecified atom stereocenters. The summed E-state index contributed by atoms with van der Waals surface area (Å²) in [6.45, 7) is 1.87. The van der Waals surface area contributed by atoms with Crippen molar-refractivity contribution in [2.24, 2.45) is 0 Å². The normalized spacial score (nSPS) is 11.1. The predicted octanol–water partition coefficient (Wildman–Crippen LogP) is 5.46. The van der Waals surface area contributed by atoms with Gasteiger partial charge in [-0.1, -0.05) is 39.7 Å². The van der Waals surface area contributed by atoms with Gasteiger partial charge in [0.15, 0.2) is 0 Å². The number of hydrogen-bond acceptors (Lipinski definition) is 3. The molecule has 0 heterocycles. The monoisotopic (exact) mass is 478 g/mol. The quantitative estimate of drug-likeness (QED) is 0.510. The zero-order valence-corrected chi connectivity index (χ0v) is 17.9. The minimum absolute atomic E-state index is 0.0561. The Labute approximate surface area is 176 Å². The van der Waals surface area contributed by atoms with E-state index < -0.39 is 15.9 Å².